The Kier molecular flexibility index (Phi) is 6.04. The molecule has 0 radical (unpaired) electrons. The van der Waals surface area contributed by atoms with E-state index < -0.39 is 11.8 Å². The molecule has 0 saturated carbocycles. The van der Waals surface area contributed by atoms with Crippen LogP contribution in [0.25, 0.3) is 6.08 Å². The van der Waals surface area contributed by atoms with Crippen molar-refractivity contribution in [1.29, 1.82) is 0 Å². The molecule has 134 valence electrons. The Morgan fingerprint density at radius 2 is 1.72 bits per heavy atom. The lowest BCUT2D eigenvalue weighted by molar-refractivity contribution is -0.132. The van der Waals surface area contributed by atoms with Gasteiger partial charge in [-0.3, -0.25) is 19.4 Å². The number of carbonyl (C=O) groups is 2. The minimum absolute atomic E-state index is 0.00330. The number of benzene rings is 1. The maximum Gasteiger partial charge on any atom is 0.265 e. The molecule has 1 heterocycles. The van der Waals surface area contributed by atoms with Gasteiger partial charge in [0, 0.05) is 14.1 Å². The summed E-state index contributed by atoms with van der Waals surface area (Å²) in [5.74, 6) is 0.325. The predicted molar refractivity (Wildman–Crippen MR) is 108 cm³/mol. The van der Waals surface area contributed by atoms with Gasteiger partial charge in [-0.1, -0.05) is 0 Å². The zero-order valence-corrected chi connectivity index (χ0v) is 17.6. The number of methoxy groups -OCH3 is 1. The molecule has 1 saturated heterocycles. The highest BCUT2D eigenvalue weighted by atomic mass is 127. The van der Waals surface area contributed by atoms with Gasteiger partial charge in [-0.15, -0.1) is 0 Å². The van der Waals surface area contributed by atoms with Gasteiger partial charge in [0.15, 0.2) is 16.6 Å². The number of thiocarbonyl (C=S) groups is 1. The molecule has 1 fully saturated rings. The van der Waals surface area contributed by atoms with E-state index in [1.807, 2.05) is 19.9 Å². The van der Waals surface area contributed by atoms with Crippen LogP contribution in [0.3, 0.4) is 0 Å². The second kappa shape index (κ2) is 7.69. The number of carbonyl (C=O) groups excluding carboxylic acids is 2. The smallest absolute Gasteiger partial charge is 0.265 e. The molecule has 1 aromatic rings. The van der Waals surface area contributed by atoms with Crippen LogP contribution in [0.2, 0.25) is 0 Å². The molecule has 2 rings (SSSR count). The lowest BCUT2D eigenvalue weighted by Crippen LogP contribution is -2.52. The summed E-state index contributed by atoms with van der Waals surface area (Å²) in [5.41, 5.74) is 0.720. The van der Waals surface area contributed by atoms with E-state index in [0.29, 0.717) is 17.1 Å². The number of likely N-dealkylation sites (N-methyl/N-ethyl adjacent to an activating group) is 2. The van der Waals surface area contributed by atoms with Crippen LogP contribution in [0.15, 0.2) is 17.7 Å². The summed E-state index contributed by atoms with van der Waals surface area (Å²) < 4.78 is 12.0. The van der Waals surface area contributed by atoms with Gasteiger partial charge in [-0.25, -0.2) is 0 Å². The average Bonchev–Trinajstić information content (AvgIpc) is 2.56. The fraction of sp³-hybridized carbons (Fsp3) is 0.353. The number of nitrogens with zero attached hydrogens (tertiary/aromatic N) is 2. The van der Waals surface area contributed by atoms with Gasteiger partial charge in [-0.2, -0.15) is 0 Å². The van der Waals surface area contributed by atoms with Crippen molar-refractivity contribution in [3.63, 3.8) is 0 Å². The van der Waals surface area contributed by atoms with Crippen molar-refractivity contribution in [2.45, 2.75) is 20.0 Å². The van der Waals surface area contributed by atoms with E-state index in [9.17, 15) is 9.59 Å². The molecule has 0 aliphatic carbocycles. The van der Waals surface area contributed by atoms with Crippen molar-refractivity contribution in [2.75, 3.05) is 21.2 Å². The van der Waals surface area contributed by atoms with Crippen molar-refractivity contribution in [3.05, 3.63) is 26.8 Å². The van der Waals surface area contributed by atoms with Crippen LogP contribution in [0, 0.1) is 3.57 Å². The van der Waals surface area contributed by atoms with Crippen LogP contribution in [-0.4, -0.2) is 54.0 Å². The first kappa shape index (κ1) is 19.6. The molecule has 0 unspecified atom stereocenters. The van der Waals surface area contributed by atoms with Gasteiger partial charge in [0.05, 0.1) is 16.8 Å². The van der Waals surface area contributed by atoms with Crippen molar-refractivity contribution >= 4 is 57.8 Å². The molecule has 0 bridgehead atoms. The fourth-order valence-electron chi connectivity index (χ4n) is 2.31. The number of amides is 2. The Balaban J connectivity index is 2.50. The summed E-state index contributed by atoms with van der Waals surface area (Å²) in [7, 11) is 4.64. The van der Waals surface area contributed by atoms with E-state index in [4.69, 9.17) is 21.7 Å². The minimum Gasteiger partial charge on any atom is -0.493 e. The van der Waals surface area contributed by atoms with Gasteiger partial charge in [0.25, 0.3) is 11.8 Å². The third kappa shape index (κ3) is 3.95. The first-order valence-corrected chi connectivity index (χ1v) is 9.02. The zero-order chi connectivity index (χ0) is 18.9. The normalized spacial score (nSPS) is 15.2. The third-order valence-electron chi connectivity index (χ3n) is 3.56. The van der Waals surface area contributed by atoms with Crippen LogP contribution < -0.4 is 9.47 Å². The molecule has 0 N–H and O–H groups in total. The standard InChI is InChI=1S/C17H19IN2O4S/c1-9(2)24-14-12(18)7-10(8-13(14)23-5)6-11-15(21)19(3)17(25)20(4)16(11)22/h6-9H,1-5H3. The second-order valence-corrected chi connectivity index (χ2v) is 7.30. The first-order valence-electron chi connectivity index (χ1n) is 7.53. The van der Waals surface area contributed by atoms with Crippen molar-refractivity contribution in [1.82, 2.24) is 9.80 Å². The molecule has 0 atom stereocenters. The molecular formula is C17H19IN2O4S. The Labute approximate surface area is 165 Å². The molecule has 2 amide bonds. The predicted octanol–water partition coefficient (Wildman–Crippen LogP) is 2.69. The number of rotatable bonds is 4. The summed E-state index contributed by atoms with van der Waals surface area (Å²) in [4.78, 5) is 27.4. The van der Waals surface area contributed by atoms with Crippen LogP contribution >= 0.6 is 34.8 Å². The maximum atomic E-state index is 12.4. The lowest BCUT2D eigenvalue weighted by Gasteiger charge is -2.31. The van der Waals surface area contributed by atoms with E-state index in [1.165, 1.54) is 9.80 Å². The van der Waals surface area contributed by atoms with E-state index in [0.717, 1.165) is 3.57 Å². The molecule has 0 spiro atoms. The summed E-state index contributed by atoms with van der Waals surface area (Å²) >= 11 is 7.22. The average molecular weight is 474 g/mol. The van der Waals surface area contributed by atoms with Gasteiger partial charge >= 0.3 is 0 Å². The molecule has 8 heteroatoms. The SMILES string of the molecule is COc1cc(C=C2C(=O)N(C)C(=S)N(C)C2=O)cc(I)c1OC(C)C. The number of hydrogen-bond donors (Lipinski definition) is 0. The molecule has 1 aliphatic rings. The van der Waals surface area contributed by atoms with Gasteiger partial charge in [0.2, 0.25) is 0 Å². The van der Waals surface area contributed by atoms with E-state index in [2.05, 4.69) is 22.6 Å². The van der Waals surface area contributed by atoms with E-state index >= 15 is 0 Å². The fourth-order valence-corrected chi connectivity index (χ4v) is 3.23. The van der Waals surface area contributed by atoms with Crippen LogP contribution in [-0.2, 0) is 9.59 Å². The molecule has 25 heavy (non-hydrogen) atoms. The maximum absolute atomic E-state index is 12.4. The zero-order valence-electron chi connectivity index (χ0n) is 14.6. The van der Waals surface area contributed by atoms with Crippen molar-refractivity contribution in [3.8, 4) is 11.5 Å². The lowest BCUT2D eigenvalue weighted by atomic mass is 10.1. The highest BCUT2D eigenvalue weighted by Crippen LogP contribution is 2.35. The van der Waals surface area contributed by atoms with Crippen LogP contribution in [0.5, 0.6) is 11.5 Å². The monoisotopic (exact) mass is 474 g/mol. The number of halogens is 1. The summed E-state index contributed by atoms with van der Waals surface area (Å²) in [6, 6.07) is 3.57. The van der Waals surface area contributed by atoms with Gasteiger partial charge in [-0.05, 0) is 72.4 Å². The molecule has 6 nitrogen and oxygen atoms in total. The minimum atomic E-state index is -0.426. The van der Waals surface area contributed by atoms with Crippen molar-refractivity contribution < 1.29 is 19.1 Å². The first-order chi connectivity index (χ1) is 11.7. The Morgan fingerprint density at radius 1 is 1.16 bits per heavy atom. The number of hydrogen-bond acceptors (Lipinski definition) is 5. The third-order valence-corrected chi connectivity index (χ3v) is 4.91. The topological polar surface area (TPSA) is 59.1 Å². The largest absolute Gasteiger partial charge is 0.493 e. The van der Waals surface area contributed by atoms with Crippen LogP contribution in [0.1, 0.15) is 19.4 Å². The van der Waals surface area contributed by atoms with Gasteiger partial charge in [0.1, 0.15) is 5.57 Å². The number of ether oxygens (including phenoxy) is 2. The molecule has 0 aromatic heterocycles. The summed E-state index contributed by atoms with van der Waals surface area (Å²) in [6.07, 6.45) is 1.54. The molecule has 1 aromatic carbocycles. The van der Waals surface area contributed by atoms with E-state index in [-0.39, 0.29) is 16.8 Å². The summed E-state index contributed by atoms with van der Waals surface area (Å²) in [5, 5.41) is 0.181. The Morgan fingerprint density at radius 3 is 2.20 bits per heavy atom. The highest BCUT2D eigenvalue weighted by molar-refractivity contribution is 14.1. The van der Waals surface area contributed by atoms with Gasteiger partial charge < -0.3 is 9.47 Å². The molecule has 1 aliphatic heterocycles. The quantitative estimate of drug-likeness (QED) is 0.291. The van der Waals surface area contributed by atoms with Crippen LogP contribution in [0.4, 0.5) is 0 Å². The van der Waals surface area contributed by atoms with E-state index in [1.54, 1.807) is 33.3 Å². The Hall–Kier alpha value is -1.68. The second-order valence-electron chi connectivity index (χ2n) is 5.77. The van der Waals surface area contributed by atoms with Crippen molar-refractivity contribution in [2.24, 2.45) is 0 Å². The molecular weight excluding hydrogens is 455 g/mol. The summed E-state index contributed by atoms with van der Waals surface area (Å²) in [6.45, 7) is 3.86. The Bertz CT molecular complexity index is 750. The highest BCUT2D eigenvalue weighted by Gasteiger charge is 2.35.